The van der Waals surface area contributed by atoms with Gasteiger partial charge in [-0.05, 0) is 61.2 Å². The van der Waals surface area contributed by atoms with E-state index >= 15 is 0 Å². The van der Waals surface area contributed by atoms with Gasteiger partial charge in [-0.2, -0.15) is 0 Å². The fourth-order valence-corrected chi connectivity index (χ4v) is 4.97. The van der Waals surface area contributed by atoms with E-state index in [0.717, 1.165) is 48.6 Å². The van der Waals surface area contributed by atoms with Gasteiger partial charge in [0.1, 0.15) is 0 Å². The van der Waals surface area contributed by atoms with Crippen molar-refractivity contribution in [2.24, 2.45) is 0 Å². The minimum absolute atomic E-state index is 0.0130. The standard InChI is InChI=1S/C31H38N4O2/c1-3-34(4-2)31(37)26-16-14-25(15-17-26)30(35-21-19-32-20-22-35)27-11-8-12-28(23-27)33-29(36)18-13-24-9-6-5-7-10-24/h5-12,14-17,23,30,32H,3-4,13,18-22H2,1-2H3,(H,33,36)/t30-/m1/s1. The number of carbonyl (C=O) groups excluding carboxylic acids is 2. The number of aryl methyl sites for hydroxylation is 1. The second kappa shape index (κ2) is 13.2. The summed E-state index contributed by atoms with van der Waals surface area (Å²) in [6.07, 6.45) is 1.16. The summed E-state index contributed by atoms with van der Waals surface area (Å²) in [6.45, 7) is 9.13. The quantitative estimate of drug-likeness (QED) is 0.424. The highest BCUT2D eigenvalue weighted by molar-refractivity contribution is 5.94. The van der Waals surface area contributed by atoms with Crippen LogP contribution in [0.3, 0.4) is 0 Å². The van der Waals surface area contributed by atoms with E-state index in [1.165, 1.54) is 0 Å². The Bertz CT molecular complexity index is 1150. The Morgan fingerprint density at radius 2 is 1.59 bits per heavy atom. The highest BCUT2D eigenvalue weighted by Gasteiger charge is 2.25. The Hall–Kier alpha value is -3.48. The van der Waals surface area contributed by atoms with Crippen LogP contribution in [0.4, 0.5) is 5.69 Å². The Labute approximate surface area is 220 Å². The van der Waals surface area contributed by atoms with Crippen molar-refractivity contribution in [2.45, 2.75) is 32.7 Å². The molecule has 0 aliphatic carbocycles. The first-order chi connectivity index (χ1) is 18.1. The topological polar surface area (TPSA) is 64.7 Å². The predicted octanol–water partition coefficient (Wildman–Crippen LogP) is 4.73. The second-order valence-electron chi connectivity index (χ2n) is 9.45. The lowest BCUT2D eigenvalue weighted by molar-refractivity contribution is -0.116. The highest BCUT2D eigenvalue weighted by Crippen LogP contribution is 2.31. The number of hydrogen-bond acceptors (Lipinski definition) is 4. The average molecular weight is 499 g/mol. The van der Waals surface area contributed by atoms with Crippen LogP contribution in [-0.4, -0.2) is 60.9 Å². The number of nitrogens with zero attached hydrogens (tertiary/aromatic N) is 2. The third kappa shape index (κ3) is 7.06. The summed E-state index contributed by atoms with van der Waals surface area (Å²) in [6, 6.07) is 26.3. The zero-order valence-electron chi connectivity index (χ0n) is 22.0. The van der Waals surface area contributed by atoms with Crippen molar-refractivity contribution in [1.82, 2.24) is 15.1 Å². The van der Waals surface area contributed by atoms with E-state index in [9.17, 15) is 9.59 Å². The van der Waals surface area contributed by atoms with E-state index in [0.29, 0.717) is 31.5 Å². The third-order valence-electron chi connectivity index (χ3n) is 7.01. The van der Waals surface area contributed by atoms with Crippen LogP contribution in [0, 0.1) is 0 Å². The van der Waals surface area contributed by atoms with Crippen molar-refractivity contribution in [3.8, 4) is 0 Å². The van der Waals surface area contributed by atoms with Gasteiger partial charge in [-0.3, -0.25) is 14.5 Å². The summed E-state index contributed by atoms with van der Waals surface area (Å²) in [4.78, 5) is 29.8. The van der Waals surface area contributed by atoms with E-state index in [1.54, 1.807) is 0 Å². The van der Waals surface area contributed by atoms with Gasteiger partial charge in [-0.1, -0.05) is 54.6 Å². The zero-order chi connectivity index (χ0) is 26.0. The minimum atomic E-state index is 0.0130. The molecule has 194 valence electrons. The Balaban J connectivity index is 1.53. The number of hydrogen-bond donors (Lipinski definition) is 2. The van der Waals surface area contributed by atoms with Gasteiger partial charge in [0.05, 0.1) is 6.04 Å². The molecule has 1 saturated heterocycles. The lowest BCUT2D eigenvalue weighted by Gasteiger charge is -2.36. The largest absolute Gasteiger partial charge is 0.339 e. The molecule has 2 N–H and O–H groups in total. The van der Waals surface area contributed by atoms with Gasteiger partial charge < -0.3 is 15.5 Å². The molecule has 1 heterocycles. The number of nitrogens with one attached hydrogen (secondary N) is 2. The summed E-state index contributed by atoms with van der Waals surface area (Å²) in [5.74, 6) is 0.0782. The van der Waals surface area contributed by atoms with Crippen molar-refractivity contribution in [2.75, 3.05) is 44.6 Å². The van der Waals surface area contributed by atoms with Crippen molar-refractivity contribution in [1.29, 1.82) is 0 Å². The highest BCUT2D eigenvalue weighted by atomic mass is 16.2. The first-order valence-electron chi connectivity index (χ1n) is 13.4. The molecule has 0 spiro atoms. The number of piperazine rings is 1. The molecule has 6 nitrogen and oxygen atoms in total. The molecule has 1 atom stereocenters. The van der Waals surface area contributed by atoms with E-state index in [-0.39, 0.29) is 17.9 Å². The number of benzene rings is 3. The fraction of sp³-hybridized carbons (Fsp3) is 0.355. The maximum Gasteiger partial charge on any atom is 0.253 e. The first-order valence-corrected chi connectivity index (χ1v) is 13.4. The smallest absolute Gasteiger partial charge is 0.253 e. The first kappa shape index (κ1) is 26.6. The molecular weight excluding hydrogens is 460 g/mol. The minimum Gasteiger partial charge on any atom is -0.339 e. The normalized spacial score (nSPS) is 14.6. The molecule has 1 fully saturated rings. The molecule has 2 amide bonds. The molecule has 0 bridgehead atoms. The summed E-state index contributed by atoms with van der Waals surface area (Å²) in [5.41, 5.74) is 4.96. The molecule has 3 aromatic carbocycles. The van der Waals surface area contributed by atoms with Crippen molar-refractivity contribution < 1.29 is 9.59 Å². The van der Waals surface area contributed by atoms with E-state index < -0.39 is 0 Å². The van der Waals surface area contributed by atoms with E-state index in [1.807, 2.05) is 73.3 Å². The molecule has 0 saturated carbocycles. The fourth-order valence-electron chi connectivity index (χ4n) is 4.97. The van der Waals surface area contributed by atoms with Gasteiger partial charge >= 0.3 is 0 Å². The Morgan fingerprint density at radius 3 is 2.27 bits per heavy atom. The lowest BCUT2D eigenvalue weighted by Crippen LogP contribution is -2.45. The predicted molar refractivity (Wildman–Crippen MR) is 150 cm³/mol. The van der Waals surface area contributed by atoms with Crippen LogP contribution in [-0.2, 0) is 11.2 Å². The van der Waals surface area contributed by atoms with Crippen LogP contribution in [0.5, 0.6) is 0 Å². The lowest BCUT2D eigenvalue weighted by atomic mass is 9.95. The molecule has 0 radical (unpaired) electrons. The maximum absolute atomic E-state index is 12.8. The molecule has 3 aromatic rings. The van der Waals surface area contributed by atoms with Gasteiger partial charge in [-0.25, -0.2) is 0 Å². The van der Waals surface area contributed by atoms with Crippen LogP contribution in [0.1, 0.15) is 53.4 Å². The average Bonchev–Trinajstić information content (AvgIpc) is 2.94. The number of amides is 2. The molecule has 1 aliphatic heterocycles. The zero-order valence-corrected chi connectivity index (χ0v) is 22.0. The molecule has 6 heteroatoms. The van der Waals surface area contributed by atoms with Gasteiger partial charge in [0.25, 0.3) is 5.91 Å². The summed E-state index contributed by atoms with van der Waals surface area (Å²) < 4.78 is 0. The van der Waals surface area contributed by atoms with Gasteiger partial charge in [0.15, 0.2) is 0 Å². The number of anilines is 1. The molecular formula is C31H38N4O2. The Morgan fingerprint density at radius 1 is 0.892 bits per heavy atom. The van der Waals surface area contributed by atoms with Crippen LogP contribution in [0.15, 0.2) is 78.9 Å². The van der Waals surface area contributed by atoms with Crippen LogP contribution in [0.2, 0.25) is 0 Å². The summed E-state index contributed by atoms with van der Waals surface area (Å²) >= 11 is 0. The molecule has 1 aliphatic rings. The Kier molecular flexibility index (Phi) is 9.46. The number of carbonyl (C=O) groups is 2. The summed E-state index contributed by atoms with van der Waals surface area (Å²) in [7, 11) is 0. The molecule has 0 unspecified atom stereocenters. The van der Waals surface area contributed by atoms with Gasteiger partial charge in [-0.15, -0.1) is 0 Å². The molecule has 37 heavy (non-hydrogen) atoms. The van der Waals surface area contributed by atoms with Crippen molar-refractivity contribution in [3.05, 3.63) is 101 Å². The van der Waals surface area contributed by atoms with Gasteiger partial charge in [0.2, 0.25) is 5.91 Å². The maximum atomic E-state index is 12.8. The van der Waals surface area contributed by atoms with E-state index in [4.69, 9.17) is 0 Å². The van der Waals surface area contributed by atoms with Crippen LogP contribution < -0.4 is 10.6 Å². The van der Waals surface area contributed by atoms with Crippen LogP contribution >= 0.6 is 0 Å². The molecule has 0 aromatic heterocycles. The number of rotatable bonds is 10. The van der Waals surface area contributed by atoms with Crippen molar-refractivity contribution in [3.63, 3.8) is 0 Å². The SMILES string of the molecule is CCN(CC)C(=O)c1ccc([C@H](c2cccc(NC(=O)CCc3ccccc3)c2)N2CCNCC2)cc1. The summed E-state index contributed by atoms with van der Waals surface area (Å²) in [5, 5.41) is 6.53. The molecule has 4 rings (SSSR count). The second-order valence-corrected chi connectivity index (χ2v) is 9.45. The van der Waals surface area contributed by atoms with Crippen LogP contribution in [0.25, 0.3) is 0 Å². The van der Waals surface area contributed by atoms with Crippen molar-refractivity contribution >= 4 is 17.5 Å². The third-order valence-corrected chi connectivity index (χ3v) is 7.01. The van der Waals surface area contributed by atoms with E-state index in [2.05, 4.69) is 39.8 Å². The van der Waals surface area contributed by atoms with Gasteiger partial charge in [0, 0.05) is 56.9 Å². The monoisotopic (exact) mass is 498 g/mol.